The Balaban J connectivity index is 2.08. The number of aromatic nitrogens is 1. The maximum atomic E-state index is 5.89. The second kappa shape index (κ2) is 7.51. The Labute approximate surface area is 133 Å². The Morgan fingerprint density at radius 2 is 2.09 bits per heavy atom. The van der Waals surface area contributed by atoms with E-state index < -0.39 is 0 Å². The molecule has 0 amide bonds. The van der Waals surface area contributed by atoms with Gasteiger partial charge in [-0.15, -0.1) is 0 Å². The summed E-state index contributed by atoms with van der Waals surface area (Å²) in [6.45, 7) is 0.349. The van der Waals surface area contributed by atoms with Crippen LogP contribution in [0.1, 0.15) is 5.69 Å². The first-order valence-corrected chi connectivity index (χ1v) is 6.89. The first kappa shape index (κ1) is 15.9. The molecular weight excluding hydrogens is 304 g/mol. The summed E-state index contributed by atoms with van der Waals surface area (Å²) in [5.41, 5.74) is 7.33. The predicted molar refractivity (Wildman–Crippen MR) is 87.7 cm³/mol. The molecule has 0 aliphatic heterocycles. The molecule has 0 aliphatic carbocycles. The highest BCUT2D eigenvalue weighted by Gasteiger charge is 2.06. The van der Waals surface area contributed by atoms with Gasteiger partial charge in [-0.2, -0.15) is 0 Å². The van der Waals surface area contributed by atoms with E-state index in [0.29, 0.717) is 28.8 Å². The zero-order valence-corrected chi connectivity index (χ0v) is 13.1. The van der Waals surface area contributed by atoms with Crippen molar-refractivity contribution in [2.24, 2.45) is 10.7 Å². The molecule has 7 heteroatoms. The molecule has 2 aromatic rings. The topological polar surface area (TPSA) is 81.8 Å². The quantitative estimate of drug-likeness (QED) is 0.654. The minimum Gasteiger partial charge on any atom is -0.497 e. The number of hydrogen-bond acceptors (Lipinski definition) is 4. The maximum absolute atomic E-state index is 5.89. The minimum absolute atomic E-state index is 0.253. The highest BCUT2D eigenvalue weighted by Crippen LogP contribution is 2.28. The smallest absolute Gasteiger partial charge is 0.193 e. The van der Waals surface area contributed by atoms with Crippen LogP contribution < -0.4 is 20.5 Å². The van der Waals surface area contributed by atoms with Crippen molar-refractivity contribution in [1.29, 1.82) is 0 Å². The highest BCUT2D eigenvalue weighted by molar-refractivity contribution is 6.30. The summed E-state index contributed by atoms with van der Waals surface area (Å²) in [6.07, 6.45) is 1.57. The molecule has 0 saturated heterocycles. The number of benzene rings is 1. The van der Waals surface area contributed by atoms with Gasteiger partial charge >= 0.3 is 0 Å². The van der Waals surface area contributed by atoms with Gasteiger partial charge in [0.1, 0.15) is 11.5 Å². The van der Waals surface area contributed by atoms with Crippen molar-refractivity contribution < 1.29 is 9.47 Å². The molecule has 0 atom stereocenters. The molecule has 0 unspecified atom stereocenters. The van der Waals surface area contributed by atoms with Crippen LogP contribution in [0.3, 0.4) is 0 Å². The average molecular weight is 321 g/mol. The van der Waals surface area contributed by atoms with E-state index in [1.165, 1.54) is 0 Å². The van der Waals surface area contributed by atoms with Gasteiger partial charge in [0.25, 0.3) is 0 Å². The fraction of sp³-hybridized carbons (Fsp3) is 0.200. The minimum atomic E-state index is 0.253. The summed E-state index contributed by atoms with van der Waals surface area (Å²) in [5.74, 6) is 1.59. The van der Waals surface area contributed by atoms with Gasteiger partial charge in [-0.3, -0.25) is 4.98 Å². The number of halogens is 1. The zero-order valence-electron chi connectivity index (χ0n) is 12.3. The third-order valence-electron chi connectivity index (χ3n) is 2.87. The second-order valence-corrected chi connectivity index (χ2v) is 4.80. The Bertz CT molecular complexity index is 659. The zero-order chi connectivity index (χ0) is 15.9. The molecule has 0 fully saturated rings. The fourth-order valence-electron chi connectivity index (χ4n) is 1.76. The van der Waals surface area contributed by atoms with Crippen LogP contribution in [0.4, 0.5) is 5.69 Å². The first-order valence-electron chi connectivity index (χ1n) is 6.51. The van der Waals surface area contributed by atoms with Crippen LogP contribution in [-0.2, 0) is 6.54 Å². The Morgan fingerprint density at radius 1 is 1.27 bits per heavy atom. The summed E-state index contributed by atoms with van der Waals surface area (Å²) in [7, 11) is 3.17. The van der Waals surface area contributed by atoms with Gasteiger partial charge in [-0.1, -0.05) is 11.6 Å². The van der Waals surface area contributed by atoms with Crippen molar-refractivity contribution in [1.82, 2.24) is 4.98 Å². The van der Waals surface area contributed by atoms with Crippen LogP contribution in [0.15, 0.2) is 41.5 Å². The average Bonchev–Trinajstić information content (AvgIpc) is 2.54. The van der Waals surface area contributed by atoms with Crippen LogP contribution in [0.25, 0.3) is 0 Å². The molecule has 1 aromatic carbocycles. The van der Waals surface area contributed by atoms with Crippen molar-refractivity contribution in [2.75, 3.05) is 19.5 Å². The van der Waals surface area contributed by atoms with Gasteiger partial charge in [0.05, 0.1) is 37.2 Å². The van der Waals surface area contributed by atoms with E-state index in [1.807, 2.05) is 0 Å². The molecule has 1 aromatic heterocycles. The number of nitrogens with one attached hydrogen (secondary N) is 1. The number of aliphatic imine (C=N–C) groups is 1. The number of methoxy groups -OCH3 is 2. The Hall–Kier alpha value is -2.47. The number of anilines is 1. The van der Waals surface area contributed by atoms with Crippen molar-refractivity contribution in [2.45, 2.75) is 6.54 Å². The van der Waals surface area contributed by atoms with E-state index in [9.17, 15) is 0 Å². The molecule has 6 nitrogen and oxygen atoms in total. The van der Waals surface area contributed by atoms with Crippen LogP contribution in [-0.4, -0.2) is 25.2 Å². The van der Waals surface area contributed by atoms with Gasteiger partial charge in [0.2, 0.25) is 0 Å². The summed E-state index contributed by atoms with van der Waals surface area (Å²) in [4.78, 5) is 8.38. The van der Waals surface area contributed by atoms with E-state index in [2.05, 4.69) is 15.3 Å². The number of pyridine rings is 1. The van der Waals surface area contributed by atoms with Crippen LogP contribution >= 0.6 is 11.6 Å². The summed E-state index contributed by atoms with van der Waals surface area (Å²) < 4.78 is 10.4. The normalized spacial score (nSPS) is 11.1. The summed E-state index contributed by atoms with van der Waals surface area (Å²) in [6, 6.07) is 8.92. The first-order chi connectivity index (χ1) is 10.6. The third kappa shape index (κ3) is 4.26. The molecular formula is C15H17ClN4O2. The molecule has 0 bridgehead atoms. The van der Waals surface area contributed by atoms with Gasteiger partial charge in [-0.05, 0) is 24.3 Å². The van der Waals surface area contributed by atoms with Crippen molar-refractivity contribution in [3.8, 4) is 11.5 Å². The standard InChI is InChI=1S/C15H17ClN4O2/c1-21-12-5-6-14(22-2)13(7-12)20-15(17)19-9-11-4-3-10(16)8-18-11/h3-8H,9H2,1-2H3,(H3,17,19,20). The van der Waals surface area contributed by atoms with E-state index in [-0.39, 0.29) is 5.96 Å². The SMILES string of the molecule is COc1ccc(OC)c(NC(N)=NCc2ccc(Cl)cn2)c1. The lowest BCUT2D eigenvalue weighted by Gasteiger charge is -2.12. The predicted octanol–water partition coefficient (Wildman–Crippen LogP) is 2.68. The van der Waals surface area contributed by atoms with Gasteiger partial charge in [0.15, 0.2) is 5.96 Å². The van der Waals surface area contributed by atoms with Gasteiger partial charge in [0, 0.05) is 12.3 Å². The van der Waals surface area contributed by atoms with Crippen molar-refractivity contribution >= 4 is 23.2 Å². The van der Waals surface area contributed by atoms with Crippen molar-refractivity contribution in [3.63, 3.8) is 0 Å². The Morgan fingerprint density at radius 3 is 2.73 bits per heavy atom. The summed E-state index contributed by atoms with van der Waals surface area (Å²) >= 11 is 5.78. The monoisotopic (exact) mass is 320 g/mol. The molecule has 2 rings (SSSR count). The summed E-state index contributed by atoms with van der Waals surface area (Å²) in [5, 5.41) is 3.57. The number of ether oxygens (including phenoxy) is 2. The van der Waals surface area contributed by atoms with Gasteiger partial charge < -0.3 is 20.5 Å². The fourth-order valence-corrected chi connectivity index (χ4v) is 1.87. The van der Waals surface area contributed by atoms with Crippen LogP contribution in [0, 0.1) is 0 Å². The van der Waals surface area contributed by atoms with Crippen LogP contribution in [0.2, 0.25) is 5.02 Å². The third-order valence-corrected chi connectivity index (χ3v) is 3.09. The largest absolute Gasteiger partial charge is 0.497 e. The van der Waals surface area contributed by atoms with E-state index in [4.69, 9.17) is 26.8 Å². The molecule has 116 valence electrons. The highest BCUT2D eigenvalue weighted by atomic mass is 35.5. The molecule has 3 N–H and O–H groups in total. The molecule has 22 heavy (non-hydrogen) atoms. The van der Waals surface area contributed by atoms with E-state index >= 15 is 0 Å². The lowest BCUT2D eigenvalue weighted by molar-refractivity contribution is 0.405. The maximum Gasteiger partial charge on any atom is 0.193 e. The number of guanidine groups is 1. The lowest BCUT2D eigenvalue weighted by Crippen LogP contribution is -2.23. The number of hydrogen-bond donors (Lipinski definition) is 2. The number of nitrogens with zero attached hydrogens (tertiary/aromatic N) is 2. The van der Waals surface area contributed by atoms with Crippen molar-refractivity contribution in [3.05, 3.63) is 47.2 Å². The van der Waals surface area contributed by atoms with E-state index in [1.54, 1.807) is 50.7 Å². The molecule has 1 heterocycles. The molecule has 0 saturated carbocycles. The van der Waals surface area contributed by atoms with Crippen LogP contribution in [0.5, 0.6) is 11.5 Å². The van der Waals surface area contributed by atoms with E-state index in [0.717, 1.165) is 5.69 Å². The molecule has 0 radical (unpaired) electrons. The molecule has 0 aliphatic rings. The molecule has 0 spiro atoms. The number of rotatable bonds is 5. The number of nitrogens with two attached hydrogens (primary N) is 1. The Kier molecular flexibility index (Phi) is 5.43. The second-order valence-electron chi connectivity index (χ2n) is 4.36. The van der Waals surface area contributed by atoms with Gasteiger partial charge in [-0.25, -0.2) is 4.99 Å². The lowest BCUT2D eigenvalue weighted by atomic mass is 10.2.